The number of nitrogens with one attached hydrogen (secondary N) is 1. The summed E-state index contributed by atoms with van der Waals surface area (Å²) in [5.74, 6) is -1.53. The molecule has 20 heavy (non-hydrogen) atoms. The van der Waals surface area contributed by atoms with E-state index >= 15 is 0 Å². The molecule has 1 unspecified atom stereocenters. The Bertz CT molecular complexity index is 458. The maximum Gasteiger partial charge on any atom is 0.160 e. The van der Waals surface area contributed by atoms with Crippen LogP contribution in [0.2, 0.25) is 0 Å². The highest BCUT2D eigenvalue weighted by Gasteiger charge is 2.24. The standard InChI is InChI=1S/C16H22F2N2/c17-15-8-7-14(10-16(15)18)20-9-3-6-13(11-20)19-12-4-1-2-5-12/h7-8,10,12-13,19H,1-6,9,11H2. The summed E-state index contributed by atoms with van der Waals surface area (Å²) in [7, 11) is 0. The zero-order chi connectivity index (χ0) is 13.9. The van der Waals surface area contributed by atoms with Crippen molar-refractivity contribution in [3.8, 4) is 0 Å². The summed E-state index contributed by atoms with van der Waals surface area (Å²) in [6.45, 7) is 1.81. The fraction of sp³-hybridized carbons (Fsp3) is 0.625. The van der Waals surface area contributed by atoms with Gasteiger partial charge in [-0.15, -0.1) is 0 Å². The second-order valence-electron chi connectivity index (χ2n) is 6.03. The lowest BCUT2D eigenvalue weighted by Crippen LogP contribution is -2.48. The first-order chi connectivity index (χ1) is 9.72. The molecule has 1 N–H and O–H groups in total. The first kappa shape index (κ1) is 13.8. The SMILES string of the molecule is Fc1ccc(N2CCCC(NC3CCCC3)C2)cc1F. The molecule has 0 amide bonds. The van der Waals surface area contributed by atoms with Crippen molar-refractivity contribution in [2.45, 2.75) is 50.6 Å². The molecule has 4 heteroatoms. The molecule has 1 aromatic carbocycles. The van der Waals surface area contributed by atoms with E-state index in [0.29, 0.717) is 12.1 Å². The Morgan fingerprint density at radius 1 is 0.950 bits per heavy atom. The number of benzene rings is 1. The molecule has 0 spiro atoms. The lowest BCUT2D eigenvalue weighted by molar-refractivity contribution is 0.374. The largest absolute Gasteiger partial charge is 0.370 e. The van der Waals surface area contributed by atoms with Crippen molar-refractivity contribution < 1.29 is 8.78 Å². The van der Waals surface area contributed by atoms with E-state index in [4.69, 9.17) is 0 Å². The fourth-order valence-electron chi connectivity index (χ4n) is 3.46. The lowest BCUT2D eigenvalue weighted by atomic mass is 10.0. The molecule has 1 saturated heterocycles. The van der Waals surface area contributed by atoms with Crippen molar-refractivity contribution in [1.82, 2.24) is 5.32 Å². The first-order valence-corrected chi connectivity index (χ1v) is 7.68. The van der Waals surface area contributed by atoms with Crippen molar-refractivity contribution >= 4 is 5.69 Å². The van der Waals surface area contributed by atoms with Crippen LogP contribution in [0.5, 0.6) is 0 Å². The van der Waals surface area contributed by atoms with Gasteiger partial charge in [-0.25, -0.2) is 8.78 Å². The van der Waals surface area contributed by atoms with Crippen LogP contribution >= 0.6 is 0 Å². The van der Waals surface area contributed by atoms with Gasteiger partial charge in [0, 0.05) is 36.9 Å². The molecule has 0 bridgehead atoms. The quantitative estimate of drug-likeness (QED) is 0.912. The molecule has 1 saturated carbocycles. The Morgan fingerprint density at radius 2 is 1.70 bits per heavy atom. The van der Waals surface area contributed by atoms with Crippen LogP contribution in [0.15, 0.2) is 18.2 Å². The van der Waals surface area contributed by atoms with Gasteiger partial charge in [0.05, 0.1) is 0 Å². The topological polar surface area (TPSA) is 15.3 Å². The third-order valence-electron chi connectivity index (χ3n) is 4.52. The van der Waals surface area contributed by atoms with E-state index < -0.39 is 11.6 Å². The van der Waals surface area contributed by atoms with E-state index in [0.717, 1.165) is 25.2 Å². The minimum Gasteiger partial charge on any atom is -0.370 e. The first-order valence-electron chi connectivity index (χ1n) is 7.68. The highest BCUT2D eigenvalue weighted by molar-refractivity contribution is 5.47. The molecule has 0 aromatic heterocycles. The molecule has 0 radical (unpaired) electrons. The van der Waals surface area contributed by atoms with Crippen LogP contribution in [-0.2, 0) is 0 Å². The van der Waals surface area contributed by atoms with Crippen molar-refractivity contribution in [3.05, 3.63) is 29.8 Å². The van der Waals surface area contributed by atoms with E-state index in [2.05, 4.69) is 10.2 Å². The highest BCUT2D eigenvalue weighted by Crippen LogP contribution is 2.24. The molecule has 2 aliphatic rings. The van der Waals surface area contributed by atoms with Gasteiger partial charge >= 0.3 is 0 Å². The van der Waals surface area contributed by atoms with Crippen molar-refractivity contribution in [3.63, 3.8) is 0 Å². The summed E-state index contributed by atoms with van der Waals surface area (Å²) in [5, 5.41) is 3.73. The summed E-state index contributed by atoms with van der Waals surface area (Å²) < 4.78 is 26.3. The summed E-state index contributed by atoms with van der Waals surface area (Å²) in [6.07, 6.45) is 7.50. The summed E-state index contributed by atoms with van der Waals surface area (Å²) in [5.41, 5.74) is 0.793. The average molecular weight is 280 g/mol. The Morgan fingerprint density at radius 3 is 2.45 bits per heavy atom. The molecule has 2 nitrogen and oxygen atoms in total. The molecule has 1 aromatic rings. The van der Waals surface area contributed by atoms with Gasteiger partial charge in [-0.3, -0.25) is 0 Å². The van der Waals surface area contributed by atoms with Crippen LogP contribution in [0.3, 0.4) is 0 Å². The van der Waals surface area contributed by atoms with E-state index in [-0.39, 0.29) is 0 Å². The van der Waals surface area contributed by atoms with Crippen LogP contribution in [0.4, 0.5) is 14.5 Å². The summed E-state index contributed by atoms with van der Waals surface area (Å²) >= 11 is 0. The number of rotatable bonds is 3. The Labute approximate surface area is 119 Å². The van der Waals surface area contributed by atoms with Gasteiger partial charge in [0.25, 0.3) is 0 Å². The van der Waals surface area contributed by atoms with Crippen LogP contribution in [0.25, 0.3) is 0 Å². The van der Waals surface area contributed by atoms with Gasteiger partial charge in [-0.1, -0.05) is 12.8 Å². The Kier molecular flexibility index (Phi) is 4.20. The van der Waals surface area contributed by atoms with E-state index in [1.165, 1.54) is 44.2 Å². The van der Waals surface area contributed by atoms with E-state index in [1.54, 1.807) is 6.07 Å². The molecule has 2 fully saturated rings. The van der Waals surface area contributed by atoms with Crippen molar-refractivity contribution in [2.75, 3.05) is 18.0 Å². The number of hydrogen-bond acceptors (Lipinski definition) is 2. The molecular weight excluding hydrogens is 258 g/mol. The predicted molar refractivity (Wildman–Crippen MR) is 77.0 cm³/mol. The normalized spacial score (nSPS) is 24.3. The Balaban J connectivity index is 1.63. The Hall–Kier alpha value is -1.16. The van der Waals surface area contributed by atoms with Gasteiger partial charge in [0.1, 0.15) is 0 Å². The van der Waals surface area contributed by atoms with Gasteiger partial charge in [0.2, 0.25) is 0 Å². The molecule has 3 rings (SSSR count). The number of piperidine rings is 1. The second kappa shape index (κ2) is 6.08. The average Bonchev–Trinajstić information content (AvgIpc) is 2.95. The van der Waals surface area contributed by atoms with E-state index in [9.17, 15) is 8.78 Å². The summed E-state index contributed by atoms with van der Waals surface area (Å²) in [6, 6.07) is 5.34. The fourth-order valence-corrected chi connectivity index (χ4v) is 3.46. The monoisotopic (exact) mass is 280 g/mol. The molecule has 1 heterocycles. The molecule has 1 atom stereocenters. The number of hydrogen-bond donors (Lipinski definition) is 1. The molecule has 1 aliphatic heterocycles. The smallest absolute Gasteiger partial charge is 0.160 e. The van der Waals surface area contributed by atoms with Crippen LogP contribution in [0, 0.1) is 11.6 Å². The number of nitrogens with zero attached hydrogens (tertiary/aromatic N) is 1. The zero-order valence-corrected chi connectivity index (χ0v) is 11.7. The van der Waals surface area contributed by atoms with Gasteiger partial charge in [-0.2, -0.15) is 0 Å². The van der Waals surface area contributed by atoms with Crippen molar-refractivity contribution in [1.29, 1.82) is 0 Å². The third-order valence-corrected chi connectivity index (χ3v) is 4.52. The lowest BCUT2D eigenvalue weighted by Gasteiger charge is -2.36. The zero-order valence-electron chi connectivity index (χ0n) is 11.7. The second-order valence-corrected chi connectivity index (χ2v) is 6.03. The minimum absolute atomic E-state index is 0.472. The number of anilines is 1. The maximum absolute atomic E-state index is 13.3. The van der Waals surface area contributed by atoms with Crippen LogP contribution in [0.1, 0.15) is 38.5 Å². The minimum atomic E-state index is -0.772. The number of halogens is 2. The molecule has 1 aliphatic carbocycles. The summed E-state index contributed by atoms with van der Waals surface area (Å²) in [4.78, 5) is 2.17. The van der Waals surface area contributed by atoms with E-state index in [1.807, 2.05) is 0 Å². The van der Waals surface area contributed by atoms with Gasteiger partial charge in [0.15, 0.2) is 11.6 Å². The predicted octanol–water partition coefficient (Wildman–Crippen LogP) is 3.47. The molecule has 110 valence electrons. The molecular formula is C16H22F2N2. The third kappa shape index (κ3) is 3.11. The van der Waals surface area contributed by atoms with Crippen LogP contribution in [-0.4, -0.2) is 25.2 Å². The maximum atomic E-state index is 13.3. The van der Waals surface area contributed by atoms with Crippen molar-refractivity contribution in [2.24, 2.45) is 0 Å². The van der Waals surface area contributed by atoms with Gasteiger partial charge in [-0.05, 0) is 37.8 Å². The van der Waals surface area contributed by atoms with Crippen LogP contribution < -0.4 is 10.2 Å². The highest BCUT2D eigenvalue weighted by atomic mass is 19.2. The van der Waals surface area contributed by atoms with Gasteiger partial charge < -0.3 is 10.2 Å².